The van der Waals surface area contributed by atoms with Crippen LogP contribution in [0.15, 0.2) is 42.5 Å². The molecule has 0 fully saturated rings. The monoisotopic (exact) mass is 250 g/mol. The summed E-state index contributed by atoms with van der Waals surface area (Å²) in [6.45, 7) is 4.24. The molecule has 0 aliphatic carbocycles. The third-order valence-corrected chi connectivity index (χ3v) is 3.36. The van der Waals surface area contributed by atoms with Crippen LogP contribution in [-0.2, 0) is 0 Å². The lowest BCUT2D eigenvalue weighted by Crippen LogP contribution is -1.91. The van der Waals surface area contributed by atoms with Gasteiger partial charge in [0, 0.05) is 5.56 Å². The van der Waals surface area contributed by atoms with Gasteiger partial charge in [-0.05, 0) is 53.4 Å². The molecule has 0 atom stereocenters. The number of aromatic amines is 1. The van der Waals surface area contributed by atoms with Crippen molar-refractivity contribution in [2.45, 2.75) is 13.8 Å². The molecular weight excluding hydrogens is 236 g/mol. The lowest BCUT2D eigenvalue weighted by molar-refractivity contribution is 0.881. The van der Waals surface area contributed by atoms with Gasteiger partial charge in [0.1, 0.15) is 0 Å². The number of hydrogen-bond donors (Lipinski definition) is 1. The second-order valence-corrected chi connectivity index (χ2v) is 4.57. The molecule has 3 aromatic rings. The van der Waals surface area contributed by atoms with Crippen molar-refractivity contribution in [1.29, 1.82) is 0 Å². The molecule has 1 heterocycles. The number of rotatable bonds is 2. The van der Waals surface area contributed by atoms with E-state index >= 15 is 0 Å². The van der Waals surface area contributed by atoms with Gasteiger partial charge in [-0.1, -0.05) is 30.3 Å². The van der Waals surface area contributed by atoms with E-state index in [2.05, 4.69) is 58.7 Å². The molecule has 3 rings (SSSR count). The lowest BCUT2D eigenvalue weighted by atomic mass is 9.94. The van der Waals surface area contributed by atoms with E-state index in [1.807, 2.05) is 18.2 Å². The molecule has 0 aliphatic heterocycles. The fourth-order valence-corrected chi connectivity index (χ4v) is 2.19. The minimum absolute atomic E-state index is 0.625. The molecule has 1 aromatic heterocycles. The normalized spacial score (nSPS) is 10.6. The maximum Gasteiger partial charge on any atom is 0.204 e. The summed E-state index contributed by atoms with van der Waals surface area (Å²) in [5.74, 6) is 0.625. The van der Waals surface area contributed by atoms with E-state index in [1.165, 1.54) is 22.3 Å². The number of nitrogens with zero attached hydrogens (tertiary/aromatic N) is 3. The van der Waals surface area contributed by atoms with Crippen molar-refractivity contribution in [2.24, 2.45) is 0 Å². The van der Waals surface area contributed by atoms with Crippen molar-refractivity contribution in [3.63, 3.8) is 0 Å². The standard InChI is InChI=1S/C15H14N4/c1-10-8-13(15-16-18-19-17-15)9-14(11(10)2)12-6-4-3-5-7-12/h3-9H,1-2H3,(H,16,17,18,19). The Balaban J connectivity index is 2.20. The lowest BCUT2D eigenvalue weighted by Gasteiger charge is -2.11. The van der Waals surface area contributed by atoms with Gasteiger partial charge >= 0.3 is 0 Å². The van der Waals surface area contributed by atoms with Gasteiger partial charge in [-0.3, -0.25) is 0 Å². The van der Waals surface area contributed by atoms with Crippen LogP contribution >= 0.6 is 0 Å². The highest BCUT2D eigenvalue weighted by atomic mass is 15.5. The van der Waals surface area contributed by atoms with Gasteiger partial charge < -0.3 is 0 Å². The molecule has 1 N–H and O–H groups in total. The first-order valence-electron chi connectivity index (χ1n) is 6.16. The number of aryl methyl sites for hydroxylation is 1. The van der Waals surface area contributed by atoms with E-state index in [0.717, 1.165) is 5.56 Å². The molecule has 0 amide bonds. The number of H-pyrrole nitrogens is 1. The number of tetrazole rings is 1. The molecule has 0 unspecified atom stereocenters. The van der Waals surface area contributed by atoms with Crippen molar-refractivity contribution in [3.8, 4) is 22.5 Å². The van der Waals surface area contributed by atoms with Crippen LogP contribution < -0.4 is 0 Å². The quantitative estimate of drug-likeness (QED) is 0.760. The van der Waals surface area contributed by atoms with Crippen molar-refractivity contribution >= 4 is 0 Å². The minimum Gasteiger partial charge on any atom is -0.177 e. The predicted octanol–water partition coefficient (Wildman–Crippen LogP) is 3.15. The number of nitrogens with one attached hydrogen (secondary N) is 1. The Morgan fingerprint density at radius 1 is 0.947 bits per heavy atom. The molecule has 0 bridgehead atoms. The molecule has 0 spiro atoms. The molecule has 4 heteroatoms. The highest BCUT2D eigenvalue weighted by Crippen LogP contribution is 2.30. The first-order chi connectivity index (χ1) is 9.25. The molecular formula is C15H14N4. The van der Waals surface area contributed by atoms with Crippen LogP contribution in [0.4, 0.5) is 0 Å². The number of aromatic nitrogens is 4. The summed E-state index contributed by atoms with van der Waals surface area (Å²) < 4.78 is 0. The van der Waals surface area contributed by atoms with Gasteiger partial charge in [-0.15, -0.1) is 10.2 Å². The van der Waals surface area contributed by atoms with Gasteiger partial charge in [-0.2, -0.15) is 5.21 Å². The van der Waals surface area contributed by atoms with Gasteiger partial charge in [0.05, 0.1) is 0 Å². The van der Waals surface area contributed by atoms with E-state index in [0.29, 0.717) is 5.82 Å². The Bertz CT molecular complexity index is 688. The summed E-state index contributed by atoms with van der Waals surface area (Å²) in [6, 6.07) is 14.5. The molecule has 4 nitrogen and oxygen atoms in total. The molecule has 0 radical (unpaired) electrons. The maximum atomic E-state index is 4.04. The predicted molar refractivity (Wildman–Crippen MR) is 74.5 cm³/mol. The largest absolute Gasteiger partial charge is 0.204 e. The zero-order valence-corrected chi connectivity index (χ0v) is 10.9. The van der Waals surface area contributed by atoms with Crippen LogP contribution in [0.1, 0.15) is 11.1 Å². The van der Waals surface area contributed by atoms with Crippen molar-refractivity contribution < 1.29 is 0 Å². The zero-order chi connectivity index (χ0) is 13.2. The average Bonchev–Trinajstić information content (AvgIpc) is 2.97. The van der Waals surface area contributed by atoms with E-state index in [4.69, 9.17) is 0 Å². The zero-order valence-electron chi connectivity index (χ0n) is 10.9. The summed E-state index contributed by atoms with van der Waals surface area (Å²) in [6.07, 6.45) is 0. The summed E-state index contributed by atoms with van der Waals surface area (Å²) in [5, 5.41) is 14.2. The Hall–Kier alpha value is -2.49. The van der Waals surface area contributed by atoms with E-state index < -0.39 is 0 Å². The molecule has 0 aliphatic rings. The van der Waals surface area contributed by atoms with Crippen LogP contribution in [0.3, 0.4) is 0 Å². The fourth-order valence-electron chi connectivity index (χ4n) is 2.19. The van der Waals surface area contributed by atoms with Crippen molar-refractivity contribution in [1.82, 2.24) is 20.6 Å². The Kier molecular flexibility index (Phi) is 2.83. The smallest absolute Gasteiger partial charge is 0.177 e. The van der Waals surface area contributed by atoms with Crippen LogP contribution in [0.5, 0.6) is 0 Å². The second kappa shape index (κ2) is 4.65. The first-order valence-corrected chi connectivity index (χ1v) is 6.16. The SMILES string of the molecule is Cc1cc(-c2nn[nH]n2)cc(-c2ccccc2)c1C. The van der Waals surface area contributed by atoms with E-state index in [-0.39, 0.29) is 0 Å². The summed E-state index contributed by atoms with van der Waals surface area (Å²) in [5.41, 5.74) is 5.89. The Morgan fingerprint density at radius 2 is 1.74 bits per heavy atom. The molecule has 94 valence electrons. The number of benzene rings is 2. The van der Waals surface area contributed by atoms with Crippen molar-refractivity contribution in [2.75, 3.05) is 0 Å². The highest BCUT2D eigenvalue weighted by molar-refractivity contribution is 5.74. The molecule has 2 aromatic carbocycles. The van der Waals surface area contributed by atoms with Gasteiger partial charge in [0.2, 0.25) is 5.82 Å². The molecule has 0 saturated heterocycles. The molecule has 0 saturated carbocycles. The topological polar surface area (TPSA) is 54.5 Å². The minimum atomic E-state index is 0.625. The Labute approximate surface area is 111 Å². The van der Waals surface area contributed by atoms with Crippen LogP contribution in [-0.4, -0.2) is 20.6 Å². The fraction of sp³-hybridized carbons (Fsp3) is 0.133. The summed E-state index contributed by atoms with van der Waals surface area (Å²) in [4.78, 5) is 0. The molecule has 19 heavy (non-hydrogen) atoms. The van der Waals surface area contributed by atoms with Gasteiger partial charge in [-0.25, -0.2) is 0 Å². The van der Waals surface area contributed by atoms with E-state index in [1.54, 1.807) is 0 Å². The third-order valence-electron chi connectivity index (χ3n) is 3.36. The summed E-state index contributed by atoms with van der Waals surface area (Å²) >= 11 is 0. The van der Waals surface area contributed by atoms with E-state index in [9.17, 15) is 0 Å². The second-order valence-electron chi connectivity index (χ2n) is 4.57. The van der Waals surface area contributed by atoms with Gasteiger partial charge in [0.25, 0.3) is 0 Å². The van der Waals surface area contributed by atoms with Crippen LogP contribution in [0, 0.1) is 13.8 Å². The third kappa shape index (κ3) is 2.12. The highest BCUT2D eigenvalue weighted by Gasteiger charge is 2.10. The average molecular weight is 250 g/mol. The number of hydrogen-bond acceptors (Lipinski definition) is 3. The van der Waals surface area contributed by atoms with Gasteiger partial charge in [0.15, 0.2) is 0 Å². The van der Waals surface area contributed by atoms with Crippen LogP contribution in [0.2, 0.25) is 0 Å². The maximum absolute atomic E-state index is 4.04. The first kappa shape index (κ1) is 11.6. The summed E-state index contributed by atoms with van der Waals surface area (Å²) in [7, 11) is 0. The van der Waals surface area contributed by atoms with Crippen molar-refractivity contribution in [3.05, 3.63) is 53.6 Å². The Morgan fingerprint density at radius 3 is 2.42 bits per heavy atom. The van der Waals surface area contributed by atoms with Crippen LogP contribution in [0.25, 0.3) is 22.5 Å².